The molecule has 0 radical (unpaired) electrons. The molecule has 0 aliphatic rings. The summed E-state index contributed by atoms with van der Waals surface area (Å²) in [6, 6.07) is 20.1. The smallest absolute Gasteiger partial charge is 0.871 e. The van der Waals surface area contributed by atoms with Gasteiger partial charge in [0.15, 0.2) is 0 Å². The zero-order chi connectivity index (χ0) is 37.5. The van der Waals surface area contributed by atoms with Crippen molar-refractivity contribution in [3.8, 4) is 34.1 Å². The first-order valence-electron chi connectivity index (χ1n) is 14.8. The van der Waals surface area contributed by atoms with E-state index >= 15 is 0 Å². The normalized spacial score (nSPS) is 11.9. The Morgan fingerprint density at radius 3 is 1.26 bits per heavy atom. The van der Waals surface area contributed by atoms with E-state index in [0.717, 1.165) is 12.1 Å². The summed E-state index contributed by atoms with van der Waals surface area (Å²) in [6.07, 6.45) is 0. The third-order valence-electron chi connectivity index (χ3n) is 7.87. The van der Waals surface area contributed by atoms with Crippen LogP contribution in [0.25, 0.3) is 32.7 Å². The molecular weight excluding hydrogens is 763 g/mol. The largest absolute Gasteiger partial charge is 1.00 e. The molecule has 266 valence electrons. The van der Waals surface area contributed by atoms with Crippen LogP contribution in [0.15, 0.2) is 115 Å². The van der Waals surface area contributed by atoms with Crippen LogP contribution < -0.4 is 90.3 Å². The number of rotatable bonds is 9. The topological polar surface area (TPSA) is 275 Å². The van der Waals surface area contributed by atoms with Crippen molar-refractivity contribution in [2.45, 2.75) is 9.79 Å². The van der Waals surface area contributed by atoms with Gasteiger partial charge in [0.05, 0.1) is 25.6 Å². The second-order valence-electron chi connectivity index (χ2n) is 11.2. The van der Waals surface area contributed by atoms with Crippen LogP contribution in [-0.2, 0) is 20.2 Å². The van der Waals surface area contributed by atoms with E-state index < -0.39 is 52.9 Å². The first kappa shape index (κ1) is 42.4. The molecule has 0 aliphatic carbocycles. The molecule has 0 saturated carbocycles. The van der Waals surface area contributed by atoms with Crippen LogP contribution in [0.5, 0.6) is 23.0 Å². The number of hydrogen-bond donors (Lipinski definition) is 4. The second-order valence-corrected chi connectivity index (χ2v) is 14.0. The number of azo groups is 2. The van der Waals surface area contributed by atoms with Gasteiger partial charge in [0.25, 0.3) is 20.2 Å². The molecule has 0 spiro atoms. The van der Waals surface area contributed by atoms with Crippen molar-refractivity contribution >= 4 is 75.9 Å². The van der Waals surface area contributed by atoms with E-state index in [0.29, 0.717) is 11.1 Å². The van der Waals surface area contributed by atoms with Gasteiger partial charge in [-0.1, -0.05) is 35.8 Å². The Hall–Kier alpha value is -4.34. The van der Waals surface area contributed by atoms with Crippen molar-refractivity contribution in [3.05, 3.63) is 84.9 Å². The van der Waals surface area contributed by atoms with Crippen molar-refractivity contribution in [3.63, 3.8) is 0 Å². The number of ether oxygens (including phenoxy) is 2. The molecule has 20 heteroatoms. The van der Waals surface area contributed by atoms with Gasteiger partial charge < -0.3 is 31.2 Å². The predicted octanol–water partition coefficient (Wildman–Crippen LogP) is 0.321. The number of fused-ring (bicyclic) bond motifs is 2. The number of nitrogens with two attached hydrogens (primary N) is 2. The molecule has 0 fully saturated rings. The predicted molar refractivity (Wildman–Crippen MR) is 189 cm³/mol. The minimum atomic E-state index is -4.88. The fourth-order valence-electron chi connectivity index (χ4n) is 5.38. The maximum absolute atomic E-state index is 13.2. The van der Waals surface area contributed by atoms with Crippen molar-refractivity contribution in [2.75, 3.05) is 25.7 Å². The van der Waals surface area contributed by atoms with Crippen LogP contribution in [-0.4, -0.2) is 40.2 Å². The minimum absolute atomic E-state index is 0. The van der Waals surface area contributed by atoms with Crippen LogP contribution in [0, 0.1) is 0 Å². The van der Waals surface area contributed by atoms with E-state index in [1.54, 1.807) is 24.3 Å². The monoisotopic (exact) mass is 788 g/mol. The van der Waals surface area contributed by atoms with E-state index in [1.165, 1.54) is 62.8 Å². The Kier molecular flexibility index (Phi) is 13.0. The summed E-state index contributed by atoms with van der Waals surface area (Å²) in [4.78, 5) is -1.49. The molecule has 6 rings (SSSR count). The molecule has 0 aliphatic heterocycles. The second kappa shape index (κ2) is 16.6. The standard InChI is InChI=1S/C34H28N6O10S2.2Na/c1-49-27-13-17(3-9-25(27)37-39-31-29(51(43,44)45)15-19-11-21(35)5-7-23(19)33(31)41)18-4-10-26(28(14-18)50-2)38-40-32-30(52(46,47)48)16-20-12-22(36)6-8-24(20)34(32)42;;/h3-16,41-42H,35-36H2,1-2H3,(H,43,44,45)(H,46,47,48);;/q;2*+1/p-2. The van der Waals surface area contributed by atoms with E-state index in [2.05, 4.69) is 20.5 Å². The van der Waals surface area contributed by atoms with E-state index in [-0.39, 0.29) is 115 Å². The van der Waals surface area contributed by atoms with Crippen LogP contribution in [0.4, 0.5) is 34.1 Å². The molecule has 54 heavy (non-hydrogen) atoms. The summed E-state index contributed by atoms with van der Waals surface area (Å²) in [5.41, 5.74) is 12.3. The fraction of sp³-hybridized carbons (Fsp3) is 0.0588. The van der Waals surface area contributed by atoms with Gasteiger partial charge in [0, 0.05) is 11.4 Å². The molecule has 6 N–H and O–H groups in total. The van der Waals surface area contributed by atoms with E-state index in [1.807, 2.05) is 0 Å². The number of hydrogen-bond acceptors (Lipinski definition) is 14. The van der Waals surface area contributed by atoms with Gasteiger partial charge in [-0.15, -0.1) is 20.5 Å². The van der Waals surface area contributed by atoms with Gasteiger partial charge >= 0.3 is 59.1 Å². The van der Waals surface area contributed by atoms with Gasteiger partial charge in [-0.3, -0.25) is 9.11 Å². The number of nitrogens with zero attached hydrogens (tertiary/aromatic N) is 4. The summed E-state index contributed by atoms with van der Waals surface area (Å²) < 4.78 is 79.3. The molecule has 0 heterocycles. The quantitative estimate of drug-likeness (QED) is 0.0668. The first-order chi connectivity index (χ1) is 24.6. The Balaban J connectivity index is 0.00000325. The van der Waals surface area contributed by atoms with Crippen LogP contribution >= 0.6 is 0 Å². The summed E-state index contributed by atoms with van der Waals surface area (Å²) in [5.74, 6) is -1.23. The number of nitrogen functional groups attached to an aromatic ring is 2. The average molecular weight is 789 g/mol. The molecule has 0 saturated heterocycles. The third-order valence-corrected chi connectivity index (χ3v) is 9.61. The Morgan fingerprint density at radius 1 is 0.556 bits per heavy atom. The fourth-order valence-corrected chi connectivity index (χ4v) is 6.69. The van der Waals surface area contributed by atoms with Crippen LogP contribution in [0.2, 0.25) is 0 Å². The van der Waals surface area contributed by atoms with Gasteiger partial charge in [0.2, 0.25) is 0 Å². The van der Waals surface area contributed by atoms with Gasteiger partial charge in [-0.2, -0.15) is 16.8 Å². The number of benzene rings is 6. The minimum Gasteiger partial charge on any atom is -0.871 e. The summed E-state index contributed by atoms with van der Waals surface area (Å²) >= 11 is 0. The van der Waals surface area contributed by atoms with Gasteiger partial charge in [-0.25, -0.2) is 0 Å². The molecule has 0 unspecified atom stereocenters. The number of methoxy groups -OCH3 is 2. The molecule has 16 nitrogen and oxygen atoms in total. The summed E-state index contributed by atoms with van der Waals surface area (Å²) in [7, 11) is -7.05. The van der Waals surface area contributed by atoms with Crippen molar-refractivity contribution in [1.82, 2.24) is 0 Å². The van der Waals surface area contributed by atoms with E-state index in [4.69, 9.17) is 20.9 Å². The van der Waals surface area contributed by atoms with E-state index in [9.17, 15) is 36.2 Å². The molecule has 0 aromatic heterocycles. The Bertz CT molecular complexity index is 2540. The SMILES string of the molecule is COc1cc(-c2ccc(N=Nc3c(S(=O)(=O)O)cc4cc(N)ccc4c3[O-])c(OC)c2)ccc1N=Nc1c(S(=O)(=O)O)cc2cc(N)ccc2c1[O-].[Na+].[Na+]. The molecular formula is C34H26N6Na2O10S2. The molecule has 6 aromatic carbocycles. The van der Waals surface area contributed by atoms with Crippen molar-refractivity contribution < 1.29 is 105 Å². The summed E-state index contributed by atoms with van der Waals surface area (Å²) in [5, 5.41) is 42.9. The maximum atomic E-state index is 13.2. The van der Waals surface area contributed by atoms with Gasteiger partial charge in [0.1, 0.15) is 32.7 Å². The summed E-state index contributed by atoms with van der Waals surface area (Å²) in [6.45, 7) is 0. The Labute approximate surface area is 352 Å². The van der Waals surface area contributed by atoms with Gasteiger partial charge in [-0.05, 0) is 93.3 Å². The molecule has 0 amide bonds. The maximum Gasteiger partial charge on any atom is 1.00 e. The molecule has 6 aromatic rings. The number of anilines is 2. The first-order valence-corrected chi connectivity index (χ1v) is 17.7. The van der Waals surface area contributed by atoms with Crippen molar-refractivity contribution in [1.29, 1.82) is 0 Å². The average Bonchev–Trinajstić information content (AvgIpc) is 3.09. The Morgan fingerprint density at radius 2 is 0.926 bits per heavy atom. The van der Waals surface area contributed by atoms with Crippen LogP contribution in [0.3, 0.4) is 0 Å². The molecule has 0 bridgehead atoms. The zero-order valence-electron chi connectivity index (χ0n) is 29.0. The third kappa shape index (κ3) is 8.63. The molecule has 0 atom stereocenters. The zero-order valence-corrected chi connectivity index (χ0v) is 34.6. The van der Waals surface area contributed by atoms with Crippen LogP contribution in [0.1, 0.15) is 0 Å². The van der Waals surface area contributed by atoms with Crippen molar-refractivity contribution in [2.24, 2.45) is 20.5 Å².